The van der Waals surface area contributed by atoms with Crippen molar-refractivity contribution in [1.82, 2.24) is 9.97 Å². The van der Waals surface area contributed by atoms with E-state index in [0.29, 0.717) is 11.9 Å². The average Bonchev–Trinajstić information content (AvgIpc) is 2.45. The molecule has 1 aliphatic rings. The zero-order chi connectivity index (χ0) is 16.6. The van der Waals surface area contributed by atoms with Crippen molar-refractivity contribution in [1.29, 1.82) is 0 Å². The summed E-state index contributed by atoms with van der Waals surface area (Å²) in [6, 6.07) is 8.43. The topological polar surface area (TPSA) is 35.0 Å². The molecule has 1 aromatic carbocycles. The van der Waals surface area contributed by atoms with Crippen LogP contribution in [0.2, 0.25) is 0 Å². The number of aryl methyl sites for hydroxylation is 1. The largest absolute Gasteiger partial charge is 0.370 e. The molecule has 0 saturated heterocycles. The number of benzene rings is 1. The third-order valence-electron chi connectivity index (χ3n) is 3.91. The molecule has 23 heavy (non-hydrogen) atoms. The minimum absolute atomic E-state index is 0.161. The van der Waals surface area contributed by atoms with Crippen molar-refractivity contribution in [3.8, 4) is 11.4 Å². The fourth-order valence-electron chi connectivity index (χ4n) is 2.67. The summed E-state index contributed by atoms with van der Waals surface area (Å²) in [5.41, 5.74) is 4.46. The first-order valence-electron chi connectivity index (χ1n) is 8.11. The molecule has 0 amide bonds. The van der Waals surface area contributed by atoms with Gasteiger partial charge in [-0.05, 0) is 20.8 Å². The molecule has 1 aliphatic heterocycles. The summed E-state index contributed by atoms with van der Waals surface area (Å²) < 4.78 is 5.98. The van der Waals surface area contributed by atoms with Gasteiger partial charge in [-0.2, -0.15) is 0 Å². The predicted molar refractivity (Wildman–Crippen MR) is 95.8 cm³/mol. The second-order valence-corrected chi connectivity index (χ2v) is 8.60. The zero-order valence-electron chi connectivity index (χ0n) is 14.5. The highest BCUT2D eigenvalue weighted by Gasteiger charge is 2.30. The summed E-state index contributed by atoms with van der Waals surface area (Å²) in [7, 11) is 0. The third-order valence-corrected chi connectivity index (χ3v) is 4.94. The van der Waals surface area contributed by atoms with E-state index >= 15 is 0 Å². The van der Waals surface area contributed by atoms with Gasteiger partial charge in [0.1, 0.15) is 5.03 Å². The average molecular weight is 328 g/mol. The van der Waals surface area contributed by atoms with Gasteiger partial charge in [0.25, 0.3) is 0 Å². The summed E-state index contributed by atoms with van der Waals surface area (Å²) in [6.07, 6.45) is 0.829. The van der Waals surface area contributed by atoms with Gasteiger partial charge < -0.3 is 4.74 Å². The Morgan fingerprint density at radius 2 is 1.83 bits per heavy atom. The van der Waals surface area contributed by atoms with Crippen LogP contribution in [0.5, 0.6) is 0 Å². The number of hydrogen-bond acceptors (Lipinski definition) is 4. The summed E-state index contributed by atoms with van der Waals surface area (Å²) in [6.45, 7) is 11.3. The van der Waals surface area contributed by atoms with Crippen LogP contribution < -0.4 is 0 Å². The van der Waals surface area contributed by atoms with E-state index in [1.165, 1.54) is 11.1 Å². The van der Waals surface area contributed by atoms with Crippen LogP contribution >= 0.6 is 11.8 Å². The number of rotatable bonds is 3. The Kier molecular flexibility index (Phi) is 4.47. The van der Waals surface area contributed by atoms with E-state index in [2.05, 4.69) is 58.9 Å². The maximum absolute atomic E-state index is 5.98. The van der Waals surface area contributed by atoms with E-state index in [4.69, 9.17) is 14.7 Å². The van der Waals surface area contributed by atoms with Gasteiger partial charge in [0, 0.05) is 22.8 Å². The van der Waals surface area contributed by atoms with Crippen molar-refractivity contribution in [2.75, 3.05) is 0 Å². The van der Waals surface area contributed by atoms with Gasteiger partial charge in [-0.1, -0.05) is 43.7 Å². The first-order chi connectivity index (χ1) is 10.8. The van der Waals surface area contributed by atoms with E-state index in [-0.39, 0.29) is 5.60 Å². The Bertz CT molecular complexity index is 691. The number of nitrogens with zero attached hydrogens (tertiary/aromatic N) is 2. The quantitative estimate of drug-likeness (QED) is 0.598. The molecule has 0 fully saturated rings. The lowest BCUT2D eigenvalue weighted by Gasteiger charge is -2.32. The highest BCUT2D eigenvalue weighted by molar-refractivity contribution is 7.99. The lowest BCUT2D eigenvalue weighted by Crippen LogP contribution is -2.33. The molecule has 0 unspecified atom stereocenters. The van der Waals surface area contributed by atoms with E-state index in [9.17, 15) is 0 Å². The zero-order valence-corrected chi connectivity index (χ0v) is 15.3. The minimum atomic E-state index is -0.161. The molecular formula is C19H24N2OS. The molecule has 1 aromatic heterocycles. The summed E-state index contributed by atoms with van der Waals surface area (Å²) in [5, 5.41) is 1.55. The van der Waals surface area contributed by atoms with Crippen LogP contribution in [0.3, 0.4) is 0 Å². The summed E-state index contributed by atoms with van der Waals surface area (Å²) >= 11 is 1.79. The summed E-state index contributed by atoms with van der Waals surface area (Å²) in [5.74, 6) is 0.824. The molecule has 0 saturated carbocycles. The standard InChI is InChI=1S/C19H24N2OS/c1-12(2)23-18-15-11-22-19(4,5)10-16(15)20-17(21-18)14-8-6-13(3)7-9-14/h6-9,12H,10-11H2,1-5H3. The molecule has 0 atom stereocenters. The molecule has 4 heteroatoms. The molecule has 0 aliphatic carbocycles. The van der Waals surface area contributed by atoms with Crippen LogP contribution in [0.4, 0.5) is 0 Å². The maximum atomic E-state index is 5.98. The second kappa shape index (κ2) is 6.25. The smallest absolute Gasteiger partial charge is 0.160 e. The Morgan fingerprint density at radius 1 is 1.13 bits per heavy atom. The van der Waals surface area contributed by atoms with Crippen molar-refractivity contribution in [3.05, 3.63) is 41.1 Å². The van der Waals surface area contributed by atoms with Gasteiger partial charge in [-0.25, -0.2) is 9.97 Å². The molecule has 0 spiro atoms. The minimum Gasteiger partial charge on any atom is -0.370 e. The van der Waals surface area contributed by atoms with Crippen molar-refractivity contribution < 1.29 is 4.74 Å². The molecule has 0 bridgehead atoms. The first kappa shape index (κ1) is 16.5. The van der Waals surface area contributed by atoms with Crippen LogP contribution in [0, 0.1) is 6.92 Å². The Morgan fingerprint density at radius 3 is 2.48 bits per heavy atom. The van der Waals surface area contributed by atoms with Crippen molar-refractivity contribution in [2.24, 2.45) is 0 Å². The third kappa shape index (κ3) is 3.75. The maximum Gasteiger partial charge on any atom is 0.160 e. The van der Waals surface area contributed by atoms with Gasteiger partial charge in [0.15, 0.2) is 5.82 Å². The van der Waals surface area contributed by atoms with Gasteiger partial charge in [-0.3, -0.25) is 0 Å². The van der Waals surface area contributed by atoms with Crippen LogP contribution in [0.1, 0.15) is 44.5 Å². The molecule has 122 valence electrons. The number of hydrogen-bond donors (Lipinski definition) is 0. The van der Waals surface area contributed by atoms with Crippen molar-refractivity contribution in [3.63, 3.8) is 0 Å². The molecule has 0 N–H and O–H groups in total. The Labute approximate surface area is 142 Å². The number of fused-ring (bicyclic) bond motifs is 1. The van der Waals surface area contributed by atoms with Crippen LogP contribution in [0.15, 0.2) is 29.3 Å². The van der Waals surface area contributed by atoms with E-state index < -0.39 is 0 Å². The summed E-state index contributed by atoms with van der Waals surface area (Å²) in [4.78, 5) is 9.72. The SMILES string of the molecule is Cc1ccc(-c2nc3c(c(SC(C)C)n2)COC(C)(C)C3)cc1. The van der Waals surface area contributed by atoms with Gasteiger partial charge >= 0.3 is 0 Å². The second-order valence-electron chi connectivity index (χ2n) is 7.04. The number of aromatic nitrogens is 2. The molecular weight excluding hydrogens is 304 g/mol. The van der Waals surface area contributed by atoms with Crippen molar-refractivity contribution >= 4 is 11.8 Å². The fourth-order valence-corrected chi connectivity index (χ4v) is 3.58. The van der Waals surface area contributed by atoms with Gasteiger partial charge in [-0.15, -0.1) is 11.8 Å². The molecule has 2 aromatic rings. The highest BCUT2D eigenvalue weighted by Crippen LogP contribution is 2.35. The lowest BCUT2D eigenvalue weighted by atomic mass is 9.96. The Balaban J connectivity index is 2.09. The van der Waals surface area contributed by atoms with E-state index in [1.807, 2.05) is 0 Å². The van der Waals surface area contributed by atoms with Crippen LogP contribution in [-0.4, -0.2) is 20.8 Å². The van der Waals surface area contributed by atoms with Gasteiger partial charge in [0.05, 0.1) is 17.9 Å². The molecule has 2 heterocycles. The van der Waals surface area contributed by atoms with E-state index in [0.717, 1.165) is 28.5 Å². The van der Waals surface area contributed by atoms with Crippen LogP contribution in [0.25, 0.3) is 11.4 Å². The normalized spacial score (nSPS) is 16.4. The first-order valence-corrected chi connectivity index (χ1v) is 8.99. The fraction of sp³-hybridized carbons (Fsp3) is 0.474. The van der Waals surface area contributed by atoms with Crippen LogP contribution in [-0.2, 0) is 17.8 Å². The Hall–Kier alpha value is -1.39. The van der Waals surface area contributed by atoms with Gasteiger partial charge in [0.2, 0.25) is 0 Å². The van der Waals surface area contributed by atoms with Crippen molar-refractivity contribution in [2.45, 2.75) is 63.5 Å². The highest BCUT2D eigenvalue weighted by atomic mass is 32.2. The predicted octanol–water partition coefficient (Wildman–Crippen LogP) is 4.80. The van der Waals surface area contributed by atoms with E-state index in [1.54, 1.807) is 11.8 Å². The molecule has 0 radical (unpaired) electrons. The number of thioether (sulfide) groups is 1. The molecule has 3 rings (SSSR count). The lowest BCUT2D eigenvalue weighted by molar-refractivity contribution is -0.0428. The number of ether oxygens (including phenoxy) is 1. The monoisotopic (exact) mass is 328 g/mol. The molecule has 3 nitrogen and oxygen atoms in total.